The lowest BCUT2D eigenvalue weighted by molar-refractivity contribution is -0.253. The summed E-state index contributed by atoms with van der Waals surface area (Å²) in [7, 11) is 0. The smallest absolute Gasteiger partial charge is 0.428 e. The summed E-state index contributed by atoms with van der Waals surface area (Å²) in [5, 5.41) is 0. The fraction of sp³-hybridized carbons (Fsp3) is 0.455. The molecule has 0 saturated carbocycles. The zero-order chi connectivity index (χ0) is 13.8. The fourth-order valence-electron chi connectivity index (χ4n) is 1.29. The van der Waals surface area contributed by atoms with Crippen molar-refractivity contribution in [1.29, 1.82) is 0 Å². The molecule has 1 rings (SSSR count). The van der Waals surface area contributed by atoms with E-state index >= 15 is 0 Å². The van der Waals surface area contributed by atoms with Gasteiger partial charge in [0, 0.05) is 6.04 Å². The van der Waals surface area contributed by atoms with Crippen LogP contribution in [0.3, 0.4) is 0 Å². The number of ether oxygens (including phenoxy) is 1. The number of benzene rings is 1. The Morgan fingerprint density at radius 3 is 2.42 bits per heavy atom. The second-order valence-electron chi connectivity index (χ2n) is 3.62. The van der Waals surface area contributed by atoms with Crippen molar-refractivity contribution >= 4 is 12.4 Å². The maximum Gasteiger partial charge on any atom is 0.461 e. The summed E-state index contributed by atoms with van der Waals surface area (Å²) >= 11 is 0. The second kappa shape index (κ2) is 7.49. The molecule has 2 nitrogen and oxygen atoms in total. The summed E-state index contributed by atoms with van der Waals surface area (Å²) in [6.07, 6.45) is -8.49. The number of halogens is 6. The van der Waals surface area contributed by atoms with Gasteiger partial charge >= 0.3 is 12.5 Å². The number of alkyl halides is 5. The van der Waals surface area contributed by atoms with Crippen molar-refractivity contribution < 1.29 is 26.7 Å². The van der Waals surface area contributed by atoms with E-state index in [0.717, 1.165) is 12.1 Å². The SMILES string of the molecule is Cl.N[C@@H](CCF)c1cccc(OC(F)(F)C(F)F)c1. The van der Waals surface area contributed by atoms with Gasteiger partial charge in [-0.1, -0.05) is 12.1 Å². The molecule has 0 radical (unpaired) electrons. The van der Waals surface area contributed by atoms with Crippen LogP contribution in [0.5, 0.6) is 5.75 Å². The quantitative estimate of drug-likeness (QED) is 0.813. The Labute approximate surface area is 113 Å². The number of nitrogens with two attached hydrogens (primary N) is 1. The molecule has 0 unspecified atom stereocenters. The van der Waals surface area contributed by atoms with Crippen LogP contribution < -0.4 is 10.5 Å². The largest absolute Gasteiger partial charge is 0.461 e. The minimum absolute atomic E-state index is 0. The lowest BCUT2D eigenvalue weighted by Crippen LogP contribution is -2.33. The van der Waals surface area contributed by atoms with Gasteiger partial charge in [0.25, 0.3) is 0 Å². The summed E-state index contributed by atoms with van der Waals surface area (Å²) in [5.41, 5.74) is 5.91. The van der Waals surface area contributed by atoms with E-state index in [-0.39, 0.29) is 18.8 Å². The summed E-state index contributed by atoms with van der Waals surface area (Å²) in [5.74, 6) is -0.438. The third kappa shape index (κ3) is 5.20. The van der Waals surface area contributed by atoms with Crippen LogP contribution in [0.1, 0.15) is 18.0 Å². The molecule has 1 aromatic carbocycles. The Hall–Kier alpha value is -1.08. The molecule has 19 heavy (non-hydrogen) atoms. The topological polar surface area (TPSA) is 35.2 Å². The Kier molecular flexibility index (Phi) is 7.07. The minimum atomic E-state index is -4.57. The zero-order valence-electron chi connectivity index (χ0n) is 9.66. The van der Waals surface area contributed by atoms with Gasteiger partial charge in [0.15, 0.2) is 0 Å². The molecular weight excluding hydrogens is 293 g/mol. The van der Waals surface area contributed by atoms with Crippen molar-refractivity contribution in [3.63, 3.8) is 0 Å². The first kappa shape index (κ1) is 17.9. The van der Waals surface area contributed by atoms with Gasteiger partial charge in [-0.3, -0.25) is 4.39 Å². The highest BCUT2D eigenvalue weighted by molar-refractivity contribution is 5.85. The molecule has 0 amide bonds. The highest BCUT2D eigenvalue weighted by atomic mass is 35.5. The first-order valence-electron chi connectivity index (χ1n) is 5.13. The first-order chi connectivity index (χ1) is 8.36. The van der Waals surface area contributed by atoms with Gasteiger partial charge in [-0.2, -0.15) is 17.6 Å². The van der Waals surface area contributed by atoms with Crippen LogP contribution in [0.2, 0.25) is 0 Å². The molecule has 8 heteroatoms. The maximum atomic E-state index is 12.6. The van der Waals surface area contributed by atoms with Gasteiger partial charge in [-0.15, -0.1) is 12.4 Å². The normalized spacial score (nSPS) is 13.0. The number of hydrogen-bond donors (Lipinski definition) is 1. The van der Waals surface area contributed by atoms with Gasteiger partial charge in [0.05, 0.1) is 6.67 Å². The van der Waals surface area contributed by atoms with E-state index in [0.29, 0.717) is 5.56 Å². The van der Waals surface area contributed by atoms with Crippen LogP contribution in [0.15, 0.2) is 24.3 Å². The predicted molar refractivity (Wildman–Crippen MR) is 62.8 cm³/mol. The molecule has 1 atom stereocenters. The van der Waals surface area contributed by atoms with Crippen molar-refractivity contribution in [1.82, 2.24) is 0 Å². The highest BCUT2D eigenvalue weighted by Gasteiger charge is 2.43. The third-order valence-corrected chi connectivity index (χ3v) is 2.21. The molecule has 0 aliphatic heterocycles. The van der Waals surface area contributed by atoms with Crippen LogP contribution >= 0.6 is 12.4 Å². The molecule has 0 spiro atoms. The molecule has 110 valence electrons. The number of hydrogen-bond acceptors (Lipinski definition) is 2. The second-order valence-corrected chi connectivity index (χ2v) is 3.62. The highest BCUT2D eigenvalue weighted by Crippen LogP contribution is 2.29. The fourth-order valence-corrected chi connectivity index (χ4v) is 1.29. The monoisotopic (exact) mass is 305 g/mol. The molecule has 0 saturated heterocycles. The van der Waals surface area contributed by atoms with Crippen LogP contribution in [0.25, 0.3) is 0 Å². The van der Waals surface area contributed by atoms with E-state index in [4.69, 9.17) is 5.73 Å². The molecule has 0 fully saturated rings. The molecule has 2 N–H and O–H groups in total. The molecule has 0 aromatic heterocycles. The molecule has 1 aromatic rings. The Balaban J connectivity index is 0.00000324. The predicted octanol–water partition coefficient (Wildman–Crippen LogP) is 3.70. The third-order valence-electron chi connectivity index (χ3n) is 2.21. The van der Waals surface area contributed by atoms with Crippen molar-refractivity contribution in [3.8, 4) is 5.75 Å². The van der Waals surface area contributed by atoms with Crippen LogP contribution in [-0.2, 0) is 0 Å². The zero-order valence-corrected chi connectivity index (χ0v) is 10.5. The lowest BCUT2D eigenvalue weighted by atomic mass is 10.1. The van der Waals surface area contributed by atoms with Gasteiger partial charge in [-0.05, 0) is 24.1 Å². The van der Waals surface area contributed by atoms with Crippen molar-refractivity contribution in [2.24, 2.45) is 5.73 Å². The van der Waals surface area contributed by atoms with E-state index in [1.54, 1.807) is 0 Å². The van der Waals surface area contributed by atoms with Crippen LogP contribution in [0, 0.1) is 0 Å². The maximum absolute atomic E-state index is 12.6. The van der Waals surface area contributed by atoms with Crippen molar-refractivity contribution in [3.05, 3.63) is 29.8 Å². The summed E-state index contributed by atoms with van der Waals surface area (Å²) < 4.78 is 65.1. The summed E-state index contributed by atoms with van der Waals surface area (Å²) in [4.78, 5) is 0. The molecule has 0 heterocycles. The standard InChI is InChI=1S/C11H12F5NO.ClH/c12-5-4-9(17)7-2-1-3-8(6-7)18-11(15,16)10(13)14;/h1-3,6,9-10H,4-5,17H2;1H/t9-;/m0./s1. The average molecular weight is 306 g/mol. The van der Waals surface area contributed by atoms with Crippen molar-refractivity contribution in [2.45, 2.75) is 25.0 Å². The molecule has 0 bridgehead atoms. The Morgan fingerprint density at radius 1 is 1.26 bits per heavy atom. The summed E-state index contributed by atoms with van der Waals surface area (Å²) in [6.45, 7) is -0.667. The van der Waals surface area contributed by atoms with E-state index in [2.05, 4.69) is 4.74 Å². The molecular formula is C11H13ClF5NO. The van der Waals surface area contributed by atoms with Gasteiger partial charge in [0.2, 0.25) is 0 Å². The van der Waals surface area contributed by atoms with E-state index in [1.165, 1.54) is 12.1 Å². The van der Waals surface area contributed by atoms with Gasteiger partial charge in [-0.25, -0.2) is 0 Å². The molecule has 0 aliphatic rings. The minimum Gasteiger partial charge on any atom is -0.428 e. The van der Waals surface area contributed by atoms with E-state index < -0.39 is 31.0 Å². The Morgan fingerprint density at radius 2 is 1.89 bits per heavy atom. The van der Waals surface area contributed by atoms with Crippen LogP contribution in [-0.4, -0.2) is 19.2 Å². The summed E-state index contributed by atoms with van der Waals surface area (Å²) in [6, 6.07) is 4.30. The van der Waals surface area contributed by atoms with E-state index in [9.17, 15) is 22.0 Å². The Bertz CT molecular complexity index is 391. The molecule has 0 aliphatic carbocycles. The number of rotatable bonds is 6. The van der Waals surface area contributed by atoms with Gasteiger partial charge in [0.1, 0.15) is 5.75 Å². The van der Waals surface area contributed by atoms with Gasteiger partial charge < -0.3 is 10.5 Å². The van der Waals surface area contributed by atoms with Crippen molar-refractivity contribution in [2.75, 3.05) is 6.67 Å². The first-order valence-corrected chi connectivity index (χ1v) is 5.13. The van der Waals surface area contributed by atoms with Crippen LogP contribution in [0.4, 0.5) is 22.0 Å². The average Bonchev–Trinajstić information content (AvgIpc) is 2.29. The van der Waals surface area contributed by atoms with E-state index in [1.807, 2.05) is 0 Å². The lowest BCUT2D eigenvalue weighted by Gasteiger charge is -2.18.